The van der Waals surface area contributed by atoms with E-state index in [-0.39, 0.29) is 5.97 Å². The van der Waals surface area contributed by atoms with Crippen LogP contribution < -0.4 is 0 Å². The number of rotatable bonds is 5. The molecule has 0 rings (SSSR count). The Morgan fingerprint density at radius 2 is 1.86 bits per heavy atom. The highest BCUT2D eigenvalue weighted by atomic mass is 16.5. The topological polar surface area (TPSA) is 26.3 Å². The summed E-state index contributed by atoms with van der Waals surface area (Å²) in [7, 11) is 0. The number of carbonyl (C=O) groups excluding carboxylic acids is 1. The van der Waals surface area contributed by atoms with Gasteiger partial charge in [-0.15, -0.1) is 0 Å². The van der Waals surface area contributed by atoms with Crippen LogP contribution in [-0.4, -0.2) is 12.6 Å². The van der Waals surface area contributed by atoms with Gasteiger partial charge in [0.15, 0.2) is 0 Å². The quantitative estimate of drug-likeness (QED) is 0.498. The predicted octanol–water partition coefficient (Wildman–Crippen LogP) is 3.24. The minimum absolute atomic E-state index is 0.140. The monoisotopic (exact) mass is 196 g/mol. The predicted molar refractivity (Wildman–Crippen MR) is 59.1 cm³/mol. The highest BCUT2D eigenvalue weighted by Crippen LogP contribution is 2.04. The molecule has 0 radical (unpaired) electrons. The van der Waals surface area contributed by atoms with Crippen LogP contribution in [0.5, 0.6) is 0 Å². The lowest BCUT2D eigenvalue weighted by molar-refractivity contribution is -0.142. The Bertz CT molecular complexity index is 233. The summed E-state index contributed by atoms with van der Waals surface area (Å²) in [6.07, 6.45) is 5.50. The van der Waals surface area contributed by atoms with Crippen LogP contribution in [0.25, 0.3) is 0 Å². The lowest BCUT2D eigenvalue weighted by Gasteiger charge is -2.01. The number of hydrogen-bond acceptors (Lipinski definition) is 2. The molecule has 0 aromatic heterocycles. The molecule has 0 amide bonds. The van der Waals surface area contributed by atoms with E-state index in [1.54, 1.807) is 0 Å². The first-order valence-electron chi connectivity index (χ1n) is 5.00. The van der Waals surface area contributed by atoms with E-state index in [4.69, 9.17) is 4.74 Å². The summed E-state index contributed by atoms with van der Waals surface area (Å²) >= 11 is 0. The maximum absolute atomic E-state index is 11.1. The largest absolute Gasteiger partial charge is 0.466 e. The zero-order valence-electron chi connectivity index (χ0n) is 9.59. The van der Waals surface area contributed by atoms with Crippen molar-refractivity contribution in [1.29, 1.82) is 0 Å². The number of carbonyl (C=O) groups is 1. The van der Waals surface area contributed by atoms with Crippen molar-refractivity contribution in [2.75, 3.05) is 6.61 Å². The van der Waals surface area contributed by atoms with Crippen molar-refractivity contribution < 1.29 is 9.53 Å². The van der Waals surface area contributed by atoms with E-state index in [0.717, 1.165) is 12.0 Å². The van der Waals surface area contributed by atoms with Crippen molar-refractivity contribution in [2.24, 2.45) is 0 Å². The minimum Gasteiger partial charge on any atom is -0.466 e. The van der Waals surface area contributed by atoms with Crippen molar-refractivity contribution in [3.05, 3.63) is 23.3 Å². The number of ether oxygens (including phenoxy) is 1. The Balaban J connectivity index is 3.88. The van der Waals surface area contributed by atoms with E-state index in [9.17, 15) is 4.79 Å². The van der Waals surface area contributed by atoms with E-state index >= 15 is 0 Å². The average Bonchev–Trinajstić information content (AvgIpc) is 2.03. The third-order valence-corrected chi connectivity index (χ3v) is 1.72. The molecule has 2 heteroatoms. The van der Waals surface area contributed by atoms with E-state index < -0.39 is 0 Å². The fraction of sp³-hybridized carbons (Fsp3) is 0.583. The van der Waals surface area contributed by atoms with Gasteiger partial charge in [0.1, 0.15) is 0 Å². The van der Waals surface area contributed by atoms with Crippen LogP contribution in [0.15, 0.2) is 23.3 Å². The third-order valence-electron chi connectivity index (χ3n) is 1.72. The molecule has 0 aliphatic rings. The summed E-state index contributed by atoms with van der Waals surface area (Å²) < 4.78 is 4.84. The van der Waals surface area contributed by atoms with Crippen molar-refractivity contribution in [2.45, 2.75) is 40.5 Å². The van der Waals surface area contributed by atoms with Gasteiger partial charge in [-0.1, -0.05) is 23.3 Å². The first-order valence-corrected chi connectivity index (χ1v) is 5.00. The molecule has 0 atom stereocenters. The second-order valence-electron chi connectivity index (χ2n) is 3.55. The summed E-state index contributed by atoms with van der Waals surface area (Å²) in [6, 6.07) is 0. The Morgan fingerprint density at radius 3 is 2.36 bits per heavy atom. The third kappa shape index (κ3) is 7.59. The summed E-state index contributed by atoms with van der Waals surface area (Å²) in [5, 5.41) is 0. The molecule has 0 spiro atoms. The van der Waals surface area contributed by atoms with Crippen LogP contribution in [0.3, 0.4) is 0 Å². The molecule has 0 aromatic carbocycles. The highest BCUT2D eigenvalue weighted by Gasteiger charge is 2.01. The molecular formula is C12H20O2. The first-order chi connectivity index (χ1) is 6.56. The molecule has 0 aromatic rings. The van der Waals surface area contributed by atoms with Gasteiger partial charge in [-0.25, -0.2) is 0 Å². The second kappa shape index (κ2) is 7.36. The molecule has 0 fully saturated rings. The Morgan fingerprint density at radius 1 is 1.21 bits per heavy atom. The maximum Gasteiger partial charge on any atom is 0.309 e. The standard InChI is InChI=1S/C12H20O2/c1-5-14-12(13)9-11(4)8-6-7-10(2)3/h7-8H,5-6,9H2,1-4H3. The fourth-order valence-corrected chi connectivity index (χ4v) is 1.01. The van der Waals surface area contributed by atoms with Crippen LogP contribution in [0.4, 0.5) is 0 Å². The van der Waals surface area contributed by atoms with Gasteiger partial charge in [-0.2, -0.15) is 0 Å². The zero-order chi connectivity index (χ0) is 11.0. The first kappa shape index (κ1) is 12.9. The molecule has 0 N–H and O–H groups in total. The van der Waals surface area contributed by atoms with Crippen molar-refractivity contribution in [3.8, 4) is 0 Å². The van der Waals surface area contributed by atoms with Crippen LogP contribution >= 0.6 is 0 Å². The molecule has 14 heavy (non-hydrogen) atoms. The molecule has 0 unspecified atom stereocenters. The molecule has 80 valence electrons. The minimum atomic E-state index is -0.140. The Labute approximate surface area is 86.6 Å². The fourth-order valence-electron chi connectivity index (χ4n) is 1.01. The average molecular weight is 196 g/mol. The van der Waals surface area contributed by atoms with Gasteiger partial charge >= 0.3 is 5.97 Å². The molecule has 2 nitrogen and oxygen atoms in total. The molecule has 0 saturated carbocycles. The Hall–Kier alpha value is -1.05. The molecule has 0 aliphatic carbocycles. The van der Waals surface area contributed by atoms with Gasteiger partial charge in [0.05, 0.1) is 13.0 Å². The number of esters is 1. The van der Waals surface area contributed by atoms with E-state index in [1.165, 1.54) is 5.57 Å². The number of hydrogen-bond donors (Lipinski definition) is 0. The SMILES string of the molecule is CCOC(=O)CC(C)=CCC=C(C)C. The highest BCUT2D eigenvalue weighted by molar-refractivity contribution is 5.72. The number of allylic oxidation sites excluding steroid dienone is 3. The van der Waals surface area contributed by atoms with Gasteiger partial charge in [0.25, 0.3) is 0 Å². The van der Waals surface area contributed by atoms with Crippen molar-refractivity contribution in [1.82, 2.24) is 0 Å². The van der Waals surface area contributed by atoms with E-state index in [2.05, 4.69) is 26.0 Å². The van der Waals surface area contributed by atoms with Gasteiger partial charge < -0.3 is 4.74 Å². The summed E-state index contributed by atoms with van der Waals surface area (Å²) in [4.78, 5) is 11.1. The zero-order valence-corrected chi connectivity index (χ0v) is 9.59. The van der Waals surface area contributed by atoms with Crippen LogP contribution in [0.2, 0.25) is 0 Å². The van der Waals surface area contributed by atoms with Crippen molar-refractivity contribution in [3.63, 3.8) is 0 Å². The molecule has 0 bridgehead atoms. The van der Waals surface area contributed by atoms with Gasteiger partial charge in [0, 0.05) is 0 Å². The van der Waals surface area contributed by atoms with Crippen LogP contribution in [0, 0.1) is 0 Å². The molecule has 0 heterocycles. The molecule has 0 saturated heterocycles. The van der Waals surface area contributed by atoms with Crippen molar-refractivity contribution >= 4 is 5.97 Å². The summed E-state index contributed by atoms with van der Waals surface area (Å²) in [6.45, 7) is 8.36. The van der Waals surface area contributed by atoms with E-state index in [0.29, 0.717) is 13.0 Å². The lowest BCUT2D eigenvalue weighted by atomic mass is 10.1. The molecule has 0 aliphatic heterocycles. The van der Waals surface area contributed by atoms with E-state index in [1.807, 2.05) is 13.8 Å². The summed E-state index contributed by atoms with van der Waals surface area (Å²) in [5.41, 5.74) is 2.37. The van der Waals surface area contributed by atoms with Gasteiger partial charge in [-0.3, -0.25) is 4.79 Å². The smallest absolute Gasteiger partial charge is 0.309 e. The lowest BCUT2D eigenvalue weighted by Crippen LogP contribution is -2.03. The van der Waals surface area contributed by atoms with Crippen LogP contribution in [-0.2, 0) is 9.53 Å². The normalized spacial score (nSPS) is 11.0. The summed E-state index contributed by atoms with van der Waals surface area (Å²) in [5.74, 6) is -0.140. The van der Waals surface area contributed by atoms with Gasteiger partial charge in [0.2, 0.25) is 0 Å². The molecular weight excluding hydrogens is 176 g/mol. The maximum atomic E-state index is 11.1. The van der Waals surface area contributed by atoms with Gasteiger partial charge in [-0.05, 0) is 34.1 Å². The Kier molecular flexibility index (Phi) is 6.81. The van der Waals surface area contributed by atoms with Crippen LogP contribution in [0.1, 0.15) is 40.5 Å². The second-order valence-corrected chi connectivity index (χ2v) is 3.55.